The number of aliphatic hydroxyl groups is 1. The summed E-state index contributed by atoms with van der Waals surface area (Å²) in [6.07, 6.45) is 7.40. The number of likely N-dealkylation sites (N-methyl/N-ethyl adjacent to an activating group) is 1. The summed E-state index contributed by atoms with van der Waals surface area (Å²) in [5.41, 5.74) is 4.53. The Morgan fingerprint density at radius 2 is 1.78 bits per heavy atom. The molecule has 0 unspecified atom stereocenters. The van der Waals surface area contributed by atoms with Crippen molar-refractivity contribution in [2.24, 2.45) is 0 Å². The zero-order chi connectivity index (χ0) is 32.0. The molecule has 4 aromatic rings. The predicted octanol–water partition coefficient (Wildman–Crippen LogP) is 4.94. The van der Waals surface area contributed by atoms with E-state index in [1.54, 1.807) is 49.3 Å². The zero-order valence-electron chi connectivity index (χ0n) is 26.1. The lowest BCUT2D eigenvalue weighted by Gasteiger charge is -2.32. The van der Waals surface area contributed by atoms with Crippen molar-refractivity contribution in [3.63, 3.8) is 0 Å². The minimum atomic E-state index is -0.752. The third-order valence-corrected chi connectivity index (χ3v) is 7.99. The molecule has 0 spiro atoms. The number of nitrogens with one attached hydrogen (secondary N) is 2. The standard InChI is InChI=1S/C34H39ClN8O2/c1-24-5-7-27(32(44)39-29-10-9-28(31(35)18-29)22-42-15-13-41(4)14-16-42)17-26(24)8-6-25-19-36-33(37-20-25)40-30-21-38-43(23-30)12-11-34(2,3)45/h5,7,9-10,17-21,23,45H,11-16,22H2,1-4H3,(H,39,44)(H,36,37,40). The first kappa shape index (κ1) is 32.1. The van der Waals surface area contributed by atoms with Crippen LogP contribution < -0.4 is 10.6 Å². The largest absolute Gasteiger partial charge is 0.390 e. The summed E-state index contributed by atoms with van der Waals surface area (Å²) >= 11 is 6.60. The molecule has 0 saturated carbocycles. The van der Waals surface area contributed by atoms with E-state index < -0.39 is 5.60 Å². The van der Waals surface area contributed by atoms with Crippen LogP contribution in [0.15, 0.2) is 61.2 Å². The van der Waals surface area contributed by atoms with E-state index in [0.717, 1.165) is 55.1 Å². The van der Waals surface area contributed by atoms with Crippen molar-refractivity contribution in [2.75, 3.05) is 43.9 Å². The number of carbonyl (C=O) groups is 1. The number of hydrogen-bond acceptors (Lipinski definition) is 8. The number of piperazine rings is 1. The summed E-state index contributed by atoms with van der Waals surface area (Å²) in [6, 6.07) is 11.1. The number of carbonyl (C=O) groups excluding carboxylic acids is 1. The van der Waals surface area contributed by atoms with Crippen LogP contribution in [0.2, 0.25) is 5.02 Å². The first-order valence-electron chi connectivity index (χ1n) is 15.0. The molecule has 2 aromatic heterocycles. The topological polar surface area (TPSA) is 111 Å². The van der Waals surface area contributed by atoms with Crippen LogP contribution in [0.1, 0.15) is 52.9 Å². The summed E-state index contributed by atoms with van der Waals surface area (Å²) in [6.45, 7) is 11.0. The van der Waals surface area contributed by atoms with Crippen molar-refractivity contribution in [1.29, 1.82) is 0 Å². The SMILES string of the molecule is Cc1ccc(C(=O)Nc2ccc(CN3CCN(C)CC3)c(Cl)c2)cc1C#Cc1cnc(Nc2cnn(CCC(C)(C)O)c2)nc1. The van der Waals surface area contributed by atoms with Crippen molar-refractivity contribution >= 4 is 34.8 Å². The van der Waals surface area contributed by atoms with Gasteiger partial charge in [0, 0.05) is 79.7 Å². The highest BCUT2D eigenvalue weighted by Gasteiger charge is 2.16. The molecule has 3 N–H and O–H groups in total. The number of nitrogens with zero attached hydrogens (tertiary/aromatic N) is 6. The van der Waals surface area contributed by atoms with E-state index >= 15 is 0 Å². The van der Waals surface area contributed by atoms with Gasteiger partial charge >= 0.3 is 0 Å². The molecule has 0 aliphatic carbocycles. The van der Waals surface area contributed by atoms with Crippen molar-refractivity contribution in [3.05, 3.63) is 94.0 Å². The van der Waals surface area contributed by atoms with Gasteiger partial charge in [-0.3, -0.25) is 14.4 Å². The predicted molar refractivity (Wildman–Crippen MR) is 178 cm³/mol. The van der Waals surface area contributed by atoms with Crippen LogP contribution in [-0.2, 0) is 13.1 Å². The van der Waals surface area contributed by atoms with Gasteiger partial charge in [0.05, 0.1) is 23.0 Å². The van der Waals surface area contributed by atoms with E-state index in [1.807, 2.05) is 37.4 Å². The Labute approximate surface area is 269 Å². The van der Waals surface area contributed by atoms with E-state index in [9.17, 15) is 9.90 Å². The van der Waals surface area contributed by atoms with Crippen LogP contribution in [-0.4, -0.2) is 79.4 Å². The molecule has 3 heterocycles. The Bertz CT molecular complexity index is 1690. The first-order valence-corrected chi connectivity index (χ1v) is 15.4. The van der Waals surface area contributed by atoms with E-state index in [-0.39, 0.29) is 5.91 Å². The second-order valence-corrected chi connectivity index (χ2v) is 12.5. The number of benzene rings is 2. The molecule has 1 fully saturated rings. The quantitative estimate of drug-likeness (QED) is 0.224. The summed E-state index contributed by atoms with van der Waals surface area (Å²) in [5.74, 6) is 6.43. The normalized spacial score (nSPS) is 14.1. The van der Waals surface area contributed by atoms with Gasteiger partial charge in [0.15, 0.2) is 0 Å². The summed E-state index contributed by atoms with van der Waals surface area (Å²) in [5, 5.41) is 21.0. The highest BCUT2D eigenvalue weighted by atomic mass is 35.5. The van der Waals surface area contributed by atoms with Crippen molar-refractivity contribution in [3.8, 4) is 11.8 Å². The molecule has 2 aromatic carbocycles. The van der Waals surface area contributed by atoms with Gasteiger partial charge in [0.25, 0.3) is 5.91 Å². The summed E-state index contributed by atoms with van der Waals surface area (Å²) < 4.78 is 1.76. The van der Waals surface area contributed by atoms with Gasteiger partial charge < -0.3 is 20.6 Å². The molecule has 10 nitrogen and oxygen atoms in total. The molecule has 1 saturated heterocycles. The average molecular weight is 627 g/mol. The molecule has 1 amide bonds. The molecule has 45 heavy (non-hydrogen) atoms. The number of halogens is 1. The maximum Gasteiger partial charge on any atom is 0.255 e. The molecule has 0 radical (unpaired) electrons. The smallest absolute Gasteiger partial charge is 0.255 e. The van der Waals surface area contributed by atoms with Gasteiger partial charge in [-0.1, -0.05) is 35.6 Å². The lowest BCUT2D eigenvalue weighted by molar-refractivity contribution is 0.0651. The van der Waals surface area contributed by atoms with Crippen LogP contribution in [0, 0.1) is 18.8 Å². The first-order chi connectivity index (χ1) is 21.5. The zero-order valence-corrected chi connectivity index (χ0v) is 26.9. The highest BCUT2D eigenvalue weighted by molar-refractivity contribution is 6.31. The summed E-state index contributed by atoms with van der Waals surface area (Å²) in [7, 11) is 2.14. The van der Waals surface area contributed by atoms with E-state index in [1.165, 1.54) is 0 Å². The maximum atomic E-state index is 13.1. The highest BCUT2D eigenvalue weighted by Crippen LogP contribution is 2.24. The second kappa shape index (κ2) is 14.2. The average Bonchev–Trinajstić information content (AvgIpc) is 3.46. The van der Waals surface area contributed by atoms with Crippen LogP contribution in [0.3, 0.4) is 0 Å². The number of aromatic nitrogens is 4. The fourth-order valence-electron chi connectivity index (χ4n) is 4.77. The minimum Gasteiger partial charge on any atom is -0.390 e. The van der Waals surface area contributed by atoms with Crippen LogP contribution in [0.25, 0.3) is 0 Å². The number of anilines is 3. The van der Waals surface area contributed by atoms with Crippen molar-refractivity contribution in [1.82, 2.24) is 29.5 Å². The molecule has 11 heteroatoms. The maximum absolute atomic E-state index is 13.1. The lowest BCUT2D eigenvalue weighted by atomic mass is 10.0. The fraction of sp³-hybridized carbons (Fsp3) is 0.353. The van der Waals surface area contributed by atoms with Gasteiger partial charge in [-0.05, 0) is 69.6 Å². The van der Waals surface area contributed by atoms with Gasteiger partial charge in [0.2, 0.25) is 5.95 Å². The van der Waals surface area contributed by atoms with Gasteiger partial charge in [-0.2, -0.15) is 5.10 Å². The Hall–Kier alpha value is -4.27. The van der Waals surface area contributed by atoms with Crippen LogP contribution >= 0.6 is 11.6 Å². The van der Waals surface area contributed by atoms with E-state index in [4.69, 9.17) is 11.6 Å². The molecule has 234 valence electrons. The monoisotopic (exact) mass is 626 g/mol. The van der Waals surface area contributed by atoms with Crippen molar-refractivity contribution < 1.29 is 9.90 Å². The molecule has 5 rings (SSSR count). The van der Waals surface area contributed by atoms with E-state index in [0.29, 0.717) is 40.8 Å². The van der Waals surface area contributed by atoms with Crippen LogP contribution in [0.4, 0.5) is 17.3 Å². The minimum absolute atomic E-state index is 0.233. The fourth-order valence-corrected chi connectivity index (χ4v) is 5.01. The Balaban J connectivity index is 1.18. The Kier molecular flexibility index (Phi) is 10.2. The lowest BCUT2D eigenvalue weighted by Crippen LogP contribution is -2.43. The van der Waals surface area contributed by atoms with Gasteiger partial charge in [-0.15, -0.1) is 0 Å². The second-order valence-electron chi connectivity index (χ2n) is 12.1. The molecular weight excluding hydrogens is 588 g/mol. The third-order valence-electron chi connectivity index (χ3n) is 7.64. The van der Waals surface area contributed by atoms with Crippen molar-refractivity contribution in [2.45, 2.75) is 45.9 Å². The van der Waals surface area contributed by atoms with Gasteiger partial charge in [0.1, 0.15) is 0 Å². The number of hydrogen-bond donors (Lipinski definition) is 3. The van der Waals surface area contributed by atoms with Gasteiger partial charge in [-0.25, -0.2) is 9.97 Å². The van der Waals surface area contributed by atoms with E-state index in [2.05, 4.69) is 54.4 Å². The number of aryl methyl sites for hydroxylation is 2. The molecule has 0 bridgehead atoms. The molecule has 0 atom stereocenters. The summed E-state index contributed by atoms with van der Waals surface area (Å²) in [4.78, 5) is 26.6. The third kappa shape index (κ3) is 9.36. The molecule has 1 aliphatic heterocycles. The number of rotatable bonds is 9. The molecule has 1 aliphatic rings. The Morgan fingerprint density at radius 3 is 2.49 bits per heavy atom. The molecular formula is C34H39ClN8O2. The number of amides is 1. The van der Waals surface area contributed by atoms with Crippen LogP contribution in [0.5, 0.6) is 0 Å². The Morgan fingerprint density at radius 1 is 1.02 bits per heavy atom.